The van der Waals surface area contributed by atoms with Gasteiger partial charge in [-0.15, -0.1) is 10.2 Å². The van der Waals surface area contributed by atoms with Crippen molar-refractivity contribution >= 4 is 28.3 Å². The summed E-state index contributed by atoms with van der Waals surface area (Å²) in [7, 11) is 0. The van der Waals surface area contributed by atoms with E-state index in [2.05, 4.69) is 22.4 Å². The van der Waals surface area contributed by atoms with Crippen molar-refractivity contribution < 1.29 is 9.59 Å². The van der Waals surface area contributed by atoms with Crippen LogP contribution in [0.5, 0.6) is 0 Å². The molecule has 0 bridgehead atoms. The molecule has 2 rings (SSSR count). The number of nitrogens with one attached hydrogen (secondary N) is 1. The Morgan fingerprint density at radius 3 is 2.74 bits per heavy atom. The molecule has 1 aliphatic heterocycles. The van der Waals surface area contributed by atoms with E-state index in [4.69, 9.17) is 0 Å². The summed E-state index contributed by atoms with van der Waals surface area (Å²) in [4.78, 5) is 26.7. The summed E-state index contributed by atoms with van der Waals surface area (Å²) in [5, 5.41) is 12.4. The maximum atomic E-state index is 12.4. The first-order chi connectivity index (χ1) is 10.8. The lowest BCUT2D eigenvalue weighted by Gasteiger charge is -2.35. The van der Waals surface area contributed by atoms with E-state index in [0.717, 1.165) is 37.2 Å². The molecule has 0 radical (unpaired) electrons. The summed E-state index contributed by atoms with van der Waals surface area (Å²) in [6, 6.07) is 0. The van der Waals surface area contributed by atoms with Crippen LogP contribution in [0.1, 0.15) is 52.0 Å². The molecule has 1 aromatic rings. The highest BCUT2D eigenvalue weighted by molar-refractivity contribution is 7.15. The van der Waals surface area contributed by atoms with Crippen LogP contribution in [0.15, 0.2) is 0 Å². The van der Waals surface area contributed by atoms with Crippen LogP contribution in [0.25, 0.3) is 0 Å². The molecule has 0 aromatic carbocycles. The first-order valence-corrected chi connectivity index (χ1v) is 9.05. The van der Waals surface area contributed by atoms with E-state index in [1.807, 2.05) is 25.7 Å². The number of rotatable bonds is 4. The van der Waals surface area contributed by atoms with Crippen LogP contribution in [0.3, 0.4) is 0 Å². The summed E-state index contributed by atoms with van der Waals surface area (Å²) < 4.78 is 0. The van der Waals surface area contributed by atoms with Crippen LogP contribution >= 0.6 is 11.3 Å². The number of aromatic nitrogens is 2. The molecule has 0 spiro atoms. The smallest absolute Gasteiger partial charge is 0.231 e. The molecule has 0 saturated carbocycles. The summed E-state index contributed by atoms with van der Waals surface area (Å²) in [6.45, 7) is 9.05. The zero-order valence-electron chi connectivity index (χ0n) is 14.4. The molecular formula is C16H26N4O2S. The minimum absolute atomic E-state index is 0.0596. The fourth-order valence-corrected chi connectivity index (χ4v) is 3.52. The summed E-state index contributed by atoms with van der Waals surface area (Å²) in [5.41, 5.74) is -0.410. The predicted octanol–water partition coefficient (Wildman–Crippen LogP) is 2.71. The second-order valence-corrected chi connectivity index (χ2v) is 8.14. The first kappa shape index (κ1) is 17.8. The molecule has 1 fully saturated rings. The highest BCUT2D eigenvalue weighted by Gasteiger charge is 2.33. The number of likely N-dealkylation sites (tertiary alicyclic amines) is 1. The van der Waals surface area contributed by atoms with E-state index in [1.165, 1.54) is 11.3 Å². The van der Waals surface area contributed by atoms with Crippen molar-refractivity contribution in [2.75, 3.05) is 18.4 Å². The standard InChI is InChI=1S/C16H26N4O2S/c1-5-7-12-18-19-15(23-12)17-13(21)11-8-6-9-20(10-11)14(22)16(2,3)4/h11H,5-10H2,1-4H3,(H,17,19,21). The molecule has 1 atom stereocenters. The zero-order chi connectivity index (χ0) is 17.0. The summed E-state index contributed by atoms with van der Waals surface area (Å²) >= 11 is 1.43. The third-order valence-corrected chi connectivity index (χ3v) is 4.78. The number of anilines is 1. The van der Waals surface area contributed by atoms with E-state index in [0.29, 0.717) is 11.7 Å². The van der Waals surface area contributed by atoms with Gasteiger partial charge in [0.05, 0.1) is 5.92 Å². The largest absolute Gasteiger partial charge is 0.341 e. The number of carbonyl (C=O) groups excluding carboxylic acids is 2. The summed E-state index contributed by atoms with van der Waals surface area (Å²) in [6.07, 6.45) is 3.55. The molecule has 1 unspecified atom stereocenters. The van der Waals surface area contributed by atoms with Crippen LogP contribution in [-0.4, -0.2) is 40.0 Å². The number of carbonyl (C=O) groups is 2. The average molecular weight is 338 g/mol. The van der Waals surface area contributed by atoms with E-state index >= 15 is 0 Å². The van der Waals surface area contributed by atoms with Crippen LogP contribution in [-0.2, 0) is 16.0 Å². The van der Waals surface area contributed by atoms with E-state index in [-0.39, 0.29) is 17.7 Å². The maximum absolute atomic E-state index is 12.4. The van der Waals surface area contributed by atoms with Crippen LogP contribution in [0.2, 0.25) is 0 Å². The fraction of sp³-hybridized carbons (Fsp3) is 0.750. The van der Waals surface area contributed by atoms with Crippen molar-refractivity contribution in [3.05, 3.63) is 5.01 Å². The van der Waals surface area contributed by atoms with Gasteiger partial charge in [-0.05, 0) is 19.3 Å². The predicted molar refractivity (Wildman–Crippen MR) is 91.3 cm³/mol. The average Bonchev–Trinajstić information content (AvgIpc) is 2.93. The third-order valence-electron chi connectivity index (χ3n) is 3.88. The van der Waals surface area contributed by atoms with Gasteiger partial charge >= 0.3 is 0 Å². The molecule has 1 saturated heterocycles. The van der Waals surface area contributed by atoms with Gasteiger partial charge in [-0.2, -0.15) is 0 Å². The Bertz CT molecular complexity index is 565. The van der Waals surface area contributed by atoms with Gasteiger partial charge in [-0.3, -0.25) is 9.59 Å². The molecule has 1 N–H and O–H groups in total. The monoisotopic (exact) mass is 338 g/mol. The second kappa shape index (κ2) is 7.38. The van der Waals surface area contributed by atoms with Gasteiger partial charge < -0.3 is 10.2 Å². The van der Waals surface area contributed by atoms with E-state index in [1.54, 1.807) is 0 Å². The number of amides is 2. The van der Waals surface area contributed by atoms with Gasteiger partial charge in [0.1, 0.15) is 5.01 Å². The normalized spacial score (nSPS) is 18.8. The van der Waals surface area contributed by atoms with Gasteiger partial charge in [-0.1, -0.05) is 39.0 Å². The van der Waals surface area contributed by atoms with Crippen molar-refractivity contribution in [3.8, 4) is 0 Å². The summed E-state index contributed by atoms with van der Waals surface area (Å²) in [5.74, 6) is -0.125. The number of hydrogen-bond acceptors (Lipinski definition) is 5. The molecular weight excluding hydrogens is 312 g/mol. The van der Waals surface area contributed by atoms with E-state index in [9.17, 15) is 9.59 Å². The minimum Gasteiger partial charge on any atom is -0.341 e. The van der Waals surface area contributed by atoms with Crippen LogP contribution < -0.4 is 5.32 Å². The molecule has 128 valence electrons. The Labute approximate surface area is 141 Å². The highest BCUT2D eigenvalue weighted by atomic mass is 32.1. The third kappa shape index (κ3) is 4.73. The number of nitrogens with zero attached hydrogens (tertiary/aromatic N) is 3. The Hall–Kier alpha value is -1.50. The first-order valence-electron chi connectivity index (χ1n) is 8.24. The Balaban J connectivity index is 1.95. The molecule has 23 heavy (non-hydrogen) atoms. The minimum atomic E-state index is -0.410. The van der Waals surface area contributed by atoms with Crippen molar-refractivity contribution in [2.45, 2.75) is 53.4 Å². The van der Waals surface area contributed by atoms with Gasteiger partial charge in [0.2, 0.25) is 16.9 Å². The lowest BCUT2D eigenvalue weighted by molar-refractivity contribution is -0.142. The van der Waals surface area contributed by atoms with Crippen LogP contribution in [0, 0.1) is 11.3 Å². The number of hydrogen-bond donors (Lipinski definition) is 1. The van der Waals surface area contributed by atoms with Gasteiger partial charge in [0.25, 0.3) is 0 Å². The molecule has 6 nitrogen and oxygen atoms in total. The van der Waals surface area contributed by atoms with Gasteiger partial charge in [0, 0.05) is 24.9 Å². The van der Waals surface area contributed by atoms with Crippen molar-refractivity contribution in [1.82, 2.24) is 15.1 Å². The SMILES string of the molecule is CCCc1nnc(NC(=O)C2CCCN(C(=O)C(C)(C)C)C2)s1. The second-order valence-electron chi connectivity index (χ2n) is 7.08. The quantitative estimate of drug-likeness (QED) is 0.916. The lowest BCUT2D eigenvalue weighted by Crippen LogP contribution is -2.47. The zero-order valence-corrected chi connectivity index (χ0v) is 15.2. The number of aryl methyl sites for hydroxylation is 1. The Kier molecular flexibility index (Phi) is 5.73. The van der Waals surface area contributed by atoms with E-state index < -0.39 is 5.41 Å². The molecule has 1 aliphatic rings. The topological polar surface area (TPSA) is 75.2 Å². The highest BCUT2D eigenvalue weighted by Crippen LogP contribution is 2.25. The van der Waals surface area contributed by atoms with Crippen molar-refractivity contribution in [3.63, 3.8) is 0 Å². The molecule has 1 aromatic heterocycles. The fourth-order valence-electron chi connectivity index (χ4n) is 2.68. The Morgan fingerprint density at radius 2 is 2.09 bits per heavy atom. The Morgan fingerprint density at radius 1 is 1.35 bits per heavy atom. The van der Waals surface area contributed by atoms with Gasteiger partial charge in [0.15, 0.2) is 0 Å². The molecule has 7 heteroatoms. The molecule has 2 heterocycles. The lowest BCUT2D eigenvalue weighted by atomic mass is 9.91. The van der Waals surface area contributed by atoms with Crippen LogP contribution in [0.4, 0.5) is 5.13 Å². The van der Waals surface area contributed by atoms with Gasteiger partial charge in [-0.25, -0.2) is 0 Å². The molecule has 0 aliphatic carbocycles. The molecule has 2 amide bonds. The number of piperidine rings is 1. The van der Waals surface area contributed by atoms with Crippen molar-refractivity contribution in [2.24, 2.45) is 11.3 Å². The maximum Gasteiger partial charge on any atom is 0.231 e. The van der Waals surface area contributed by atoms with Crippen molar-refractivity contribution in [1.29, 1.82) is 0 Å².